The van der Waals surface area contributed by atoms with Crippen LogP contribution in [0.5, 0.6) is 5.75 Å². The van der Waals surface area contributed by atoms with Crippen molar-refractivity contribution in [2.24, 2.45) is 5.73 Å². The van der Waals surface area contributed by atoms with Gasteiger partial charge in [-0.05, 0) is 18.6 Å². The number of carbonyl (C=O) groups excluding carboxylic acids is 1. The molecule has 1 rings (SSSR count). The first-order valence-corrected chi connectivity index (χ1v) is 5.77. The third-order valence-electron chi connectivity index (χ3n) is 2.56. The second-order valence-electron chi connectivity index (χ2n) is 3.97. The van der Waals surface area contributed by atoms with Gasteiger partial charge in [-0.1, -0.05) is 18.2 Å². The molecule has 0 atom stereocenters. The quantitative estimate of drug-likeness (QED) is 0.856. The van der Waals surface area contributed by atoms with Crippen LogP contribution in [0.1, 0.15) is 12.0 Å². The summed E-state index contributed by atoms with van der Waals surface area (Å²) in [6.45, 7) is 3.46. The van der Waals surface area contributed by atoms with Crippen LogP contribution in [0.15, 0.2) is 24.3 Å². The van der Waals surface area contributed by atoms with E-state index in [-0.39, 0.29) is 18.3 Å². The molecule has 0 saturated carbocycles. The van der Waals surface area contributed by atoms with Crippen LogP contribution in [-0.4, -0.2) is 37.6 Å². The number of aryl methyl sites for hydroxylation is 1. The molecule has 5 heteroatoms. The summed E-state index contributed by atoms with van der Waals surface area (Å²) in [7, 11) is 1.76. The second-order valence-corrected chi connectivity index (χ2v) is 3.97. The van der Waals surface area contributed by atoms with Crippen molar-refractivity contribution in [3.8, 4) is 5.75 Å². The molecule has 0 fully saturated rings. The maximum atomic E-state index is 11.4. The van der Waals surface area contributed by atoms with Crippen LogP contribution in [0.25, 0.3) is 0 Å². The van der Waals surface area contributed by atoms with Crippen LogP contribution in [-0.2, 0) is 4.79 Å². The molecule has 0 aliphatic heterocycles. The van der Waals surface area contributed by atoms with Gasteiger partial charge in [0.2, 0.25) is 5.91 Å². The summed E-state index contributed by atoms with van der Waals surface area (Å²) in [5, 5.41) is 0. The van der Waals surface area contributed by atoms with Gasteiger partial charge in [0.15, 0.2) is 0 Å². The molecule has 102 valence electrons. The minimum atomic E-state index is 0. The fourth-order valence-corrected chi connectivity index (χ4v) is 1.45. The molecule has 1 aromatic carbocycles. The van der Waals surface area contributed by atoms with Crippen molar-refractivity contribution >= 4 is 18.3 Å². The molecule has 0 aliphatic rings. The number of hydrogen-bond donors (Lipinski definition) is 1. The monoisotopic (exact) mass is 272 g/mol. The van der Waals surface area contributed by atoms with Crippen molar-refractivity contribution in [1.29, 1.82) is 0 Å². The van der Waals surface area contributed by atoms with Gasteiger partial charge in [-0.3, -0.25) is 4.79 Å². The number of benzene rings is 1. The Balaban J connectivity index is 0.00000289. The summed E-state index contributed by atoms with van der Waals surface area (Å²) in [6.07, 6.45) is 0.390. The molecular formula is C13H21ClN2O2. The molecule has 1 aromatic rings. The van der Waals surface area contributed by atoms with Crippen LogP contribution in [0.2, 0.25) is 0 Å². The number of para-hydroxylation sites is 1. The average Bonchev–Trinajstić information content (AvgIpc) is 2.31. The minimum absolute atomic E-state index is 0. The van der Waals surface area contributed by atoms with E-state index >= 15 is 0 Å². The maximum absolute atomic E-state index is 11.4. The summed E-state index contributed by atoms with van der Waals surface area (Å²) < 4.78 is 5.61. The third kappa shape index (κ3) is 5.38. The van der Waals surface area contributed by atoms with Gasteiger partial charge in [0.1, 0.15) is 12.4 Å². The molecule has 0 bridgehead atoms. The van der Waals surface area contributed by atoms with E-state index in [0.717, 1.165) is 11.3 Å². The van der Waals surface area contributed by atoms with Crippen molar-refractivity contribution in [3.63, 3.8) is 0 Å². The van der Waals surface area contributed by atoms with Crippen LogP contribution in [0.4, 0.5) is 0 Å². The van der Waals surface area contributed by atoms with E-state index in [1.807, 2.05) is 31.2 Å². The van der Waals surface area contributed by atoms with Crippen LogP contribution in [0.3, 0.4) is 0 Å². The molecule has 18 heavy (non-hydrogen) atoms. The van der Waals surface area contributed by atoms with E-state index in [2.05, 4.69) is 0 Å². The van der Waals surface area contributed by atoms with E-state index in [1.165, 1.54) is 0 Å². The fourth-order valence-electron chi connectivity index (χ4n) is 1.45. The molecule has 1 amide bonds. The molecule has 0 unspecified atom stereocenters. The standard InChI is InChI=1S/C13H20N2O2.ClH/c1-11-5-3-4-6-12(11)17-10-9-15(2)13(16)7-8-14;/h3-6H,7-10,14H2,1-2H3;1H. The van der Waals surface area contributed by atoms with Gasteiger partial charge >= 0.3 is 0 Å². The average molecular weight is 273 g/mol. The van der Waals surface area contributed by atoms with Crippen LogP contribution in [0, 0.1) is 6.92 Å². The Kier molecular flexibility index (Phi) is 8.16. The number of hydrogen-bond acceptors (Lipinski definition) is 3. The number of carbonyl (C=O) groups is 1. The van der Waals surface area contributed by atoms with Crippen LogP contribution >= 0.6 is 12.4 Å². The van der Waals surface area contributed by atoms with Gasteiger partial charge in [0, 0.05) is 20.0 Å². The summed E-state index contributed by atoms with van der Waals surface area (Å²) in [4.78, 5) is 13.1. The van der Waals surface area contributed by atoms with Crippen molar-refractivity contribution < 1.29 is 9.53 Å². The highest BCUT2D eigenvalue weighted by molar-refractivity contribution is 5.85. The van der Waals surface area contributed by atoms with Crippen molar-refractivity contribution in [2.45, 2.75) is 13.3 Å². The molecule has 0 saturated heterocycles. The highest BCUT2D eigenvalue weighted by Gasteiger charge is 2.07. The number of nitrogens with zero attached hydrogens (tertiary/aromatic N) is 1. The summed E-state index contributed by atoms with van der Waals surface area (Å²) in [5.41, 5.74) is 6.43. The Morgan fingerprint density at radius 3 is 2.67 bits per heavy atom. The van der Waals surface area contributed by atoms with Gasteiger partial charge < -0.3 is 15.4 Å². The lowest BCUT2D eigenvalue weighted by molar-refractivity contribution is -0.130. The van der Waals surface area contributed by atoms with E-state index in [4.69, 9.17) is 10.5 Å². The number of amides is 1. The van der Waals surface area contributed by atoms with Gasteiger partial charge in [-0.2, -0.15) is 0 Å². The predicted molar refractivity (Wildman–Crippen MR) is 75.2 cm³/mol. The van der Waals surface area contributed by atoms with Gasteiger partial charge in [-0.15, -0.1) is 12.4 Å². The molecule has 0 spiro atoms. The SMILES string of the molecule is Cc1ccccc1OCCN(C)C(=O)CCN.Cl. The lowest BCUT2D eigenvalue weighted by Crippen LogP contribution is -2.32. The zero-order valence-electron chi connectivity index (χ0n) is 10.9. The summed E-state index contributed by atoms with van der Waals surface area (Å²) in [5.74, 6) is 0.924. The van der Waals surface area contributed by atoms with Crippen molar-refractivity contribution in [3.05, 3.63) is 29.8 Å². The summed E-state index contributed by atoms with van der Waals surface area (Å²) >= 11 is 0. The molecule has 0 aromatic heterocycles. The van der Waals surface area contributed by atoms with Crippen molar-refractivity contribution in [1.82, 2.24) is 4.90 Å². The zero-order chi connectivity index (χ0) is 12.7. The van der Waals surface area contributed by atoms with E-state index in [1.54, 1.807) is 11.9 Å². The largest absolute Gasteiger partial charge is 0.491 e. The Morgan fingerprint density at radius 1 is 1.39 bits per heavy atom. The number of nitrogens with two attached hydrogens (primary N) is 1. The number of ether oxygens (including phenoxy) is 1. The maximum Gasteiger partial charge on any atom is 0.223 e. The first-order valence-electron chi connectivity index (χ1n) is 5.77. The number of likely N-dealkylation sites (N-methyl/N-ethyl adjacent to an activating group) is 1. The molecule has 0 aliphatic carbocycles. The zero-order valence-corrected chi connectivity index (χ0v) is 11.7. The van der Waals surface area contributed by atoms with Gasteiger partial charge in [0.05, 0.1) is 6.54 Å². The van der Waals surface area contributed by atoms with Crippen molar-refractivity contribution in [2.75, 3.05) is 26.7 Å². The Morgan fingerprint density at radius 2 is 2.06 bits per heavy atom. The first kappa shape index (κ1) is 16.7. The van der Waals surface area contributed by atoms with Gasteiger partial charge in [0.25, 0.3) is 0 Å². The lowest BCUT2D eigenvalue weighted by Gasteiger charge is -2.17. The van der Waals surface area contributed by atoms with E-state index in [9.17, 15) is 4.79 Å². The van der Waals surface area contributed by atoms with E-state index in [0.29, 0.717) is 26.1 Å². The third-order valence-corrected chi connectivity index (χ3v) is 2.56. The summed E-state index contributed by atoms with van der Waals surface area (Å²) in [6, 6.07) is 7.83. The van der Waals surface area contributed by atoms with Gasteiger partial charge in [-0.25, -0.2) is 0 Å². The Hall–Kier alpha value is -1.26. The number of rotatable bonds is 6. The normalized spacial score (nSPS) is 9.50. The molecule has 0 radical (unpaired) electrons. The molecule has 4 nitrogen and oxygen atoms in total. The Labute approximate surface area is 115 Å². The Bertz CT molecular complexity index is 372. The smallest absolute Gasteiger partial charge is 0.223 e. The lowest BCUT2D eigenvalue weighted by atomic mass is 10.2. The molecule has 0 heterocycles. The second kappa shape index (κ2) is 8.78. The topological polar surface area (TPSA) is 55.6 Å². The molecular weight excluding hydrogens is 252 g/mol. The minimum Gasteiger partial charge on any atom is -0.491 e. The highest BCUT2D eigenvalue weighted by atomic mass is 35.5. The molecule has 2 N–H and O–H groups in total. The van der Waals surface area contributed by atoms with Crippen LogP contribution < -0.4 is 10.5 Å². The highest BCUT2D eigenvalue weighted by Crippen LogP contribution is 2.15. The van der Waals surface area contributed by atoms with E-state index < -0.39 is 0 Å². The first-order chi connectivity index (χ1) is 8.15. The fraction of sp³-hybridized carbons (Fsp3) is 0.462. The number of halogens is 1. The predicted octanol–water partition coefficient (Wildman–Crippen LogP) is 1.60.